The monoisotopic (exact) mass is 185 g/mol. The molecule has 13 heavy (non-hydrogen) atoms. The van der Waals surface area contributed by atoms with Crippen LogP contribution < -0.4 is 5.73 Å². The van der Waals surface area contributed by atoms with Crippen molar-refractivity contribution in [2.75, 3.05) is 40.8 Å². The molecule has 0 aromatic heterocycles. The van der Waals surface area contributed by atoms with E-state index in [4.69, 9.17) is 5.73 Å². The van der Waals surface area contributed by atoms with Gasteiger partial charge < -0.3 is 10.6 Å². The minimum Gasteiger partial charge on any atom is -0.329 e. The Balaban J connectivity index is 2.32. The third kappa shape index (κ3) is 2.42. The predicted molar refractivity (Wildman–Crippen MR) is 56.8 cm³/mol. The lowest BCUT2D eigenvalue weighted by atomic mass is 9.75. The smallest absolute Gasteiger partial charge is 0.0329 e. The van der Waals surface area contributed by atoms with Gasteiger partial charge in [0.2, 0.25) is 0 Å². The summed E-state index contributed by atoms with van der Waals surface area (Å²) in [6.45, 7) is 3.07. The molecule has 2 N–H and O–H groups in total. The Morgan fingerprint density at radius 3 is 2.08 bits per heavy atom. The normalized spacial score (nSPS) is 20.8. The van der Waals surface area contributed by atoms with Crippen LogP contribution in [0.15, 0.2) is 0 Å². The Labute approximate surface area is 81.9 Å². The van der Waals surface area contributed by atoms with Crippen molar-refractivity contribution in [3.63, 3.8) is 0 Å². The highest BCUT2D eigenvalue weighted by molar-refractivity contribution is 4.97. The molecule has 0 atom stereocenters. The average Bonchev–Trinajstić information content (AvgIpc) is 2.00. The minimum atomic E-state index is 0.343. The van der Waals surface area contributed by atoms with E-state index in [0.717, 1.165) is 19.6 Å². The van der Waals surface area contributed by atoms with E-state index in [2.05, 4.69) is 30.9 Å². The highest BCUT2D eigenvalue weighted by Crippen LogP contribution is 2.35. The van der Waals surface area contributed by atoms with E-state index in [-0.39, 0.29) is 0 Å². The van der Waals surface area contributed by atoms with Crippen molar-refractivity contribution in [1.82, 2.24) is 9.80 Å². The van der Waals surface area contributed by atoms with Crippen molar-refractivity contribution in [3.8, 4) is 0 Å². The number of nitrogens with two attached hydrogens (primary N) is 1. The average molecular weight is 185 g/mol. The summed E-state index contributed by atoms with van der Waals surface area (Å²) in [6, 6.07) is 0. The Morgan fingerprint density at radius 1 is 1.15 bits per heavy atom. The molecule has 0 unspecified atom stereocenters. The lowest BCUT2D eigenvalue weighted by molar-refractivity contribution is 0.0418. The van der Waals surface area contributed by atoms with Crippen LogP contribution in [0, 0.1) is 0 Å². The van der Waals surface area contributed by atoms with Gasteiger partial charge >= 0.3 is 0 Å². The van der Waals surface area contributed by atoms with Crippen molar-refractivity contribution < 1.29 is 0 Å². The standard InChI is InChI=1S/C10H23N3/c1-12(2)7-8-13(3)10(9-11)5-4-6-10/h4-9,11H2,1-3H3. The molecule has 0 aliphatic heterocycles. The molecule has 0 aromatic rings. The molecule has 1 rings (SSSR count). The number of rotatable bonds is 5. The van der Waals surface area contributed by atoms with Crippen LogP contribution in [0.25, 0.3) is 0 Å². The van der Waals surface area contributed by atoms with Gasteiger partial charge in [0.05, 0.1) is 0 Å². The lowest BCUT2D eigenvalue weighted by Gasteiger charge is -2.48. The fourth-order valence-electron chi connectivity index (χ4n) is 1.91. The molecule has 1 aliphatic rings. The van der Waals surface area contributed by atoms with Gasteiger partial charge in [-0.3, -0.25) is 4.90 Å². The van der Waals surface area contributed by atoms with Crippen molar-refractivity contribution in [3.05, 3.63) is 0 Å². The number of nitrogens with zero attached hydrogens (tertiary/aromatic N) is 2. The summed E-state index contributed by atoms with van der Waals surface area (Å²) in [7, 11) is 6.43. The van der Waals surface area contributed by atoms with Gasteiger partial charge in [0, 0.05) is 25.2 Å². The quantitative estimate of drug-likeness (QED) is 0.671. The number of hydrogen-bond donors (Lipinski definition) is 1. The second kappa shape index (κ2) is 4.40. The summed E-state index contributed by atoms with van der Waals surface area (Å²) < 4.78 is 0. The van der Waals surface area contributed by atoms with Gasteiger partial charge in [-0.2, -0.15) is 0 Å². The maximum Gasteiger partial charge on any atom is 0.0329 e. The zero-order valence-corrected chi connectivity index (χ0v) is 9.21. The summed E-state index contributed by atoms with van der Waals surface area (Å²) in [5.74, 6) is 0. The molecule has 78 valence electrons. The molecule has 1 fully saturated rings. The van der Waals surface area contributed by atoms with E-state index in [9.17, 15) is 0 Å². The first-order chi connectivity index (χ1) is 6.10. The van der Waals surface area contributed by atoms with Gasteiger partial charge in [-0.05, 0) is 40.4 Å². The molecule has 0 saturated heterocycles. The van der Waals surface area contributed by atoms with Gasteiger partial charge in [-0.15, -0.1) is 0 Å². The predicted octanol–water partition coefficient (Wildman–Crippen LogP) is 0.361. The van der Waals surface area contributed by atoms with E-state index in [1.807, 2.05) is 0 Å². The summed E-state index contributed by atoms with van der Waals surface area (Å²) in [6.07, 6.45) is 3.92. The number of likely N-dealkylation sites (N-methyl/N-ethyl adjacent to an activating group) is 2. The molecule has 3 heteroatoms. The SMILES string of the molecule is CN(C)CCN(C)C1(CN)CCC1. The summed E-state index contributed by atoms with van der Waals surface area (Å²) >= 11 is 0. The van der Waals surface area contributed by atoms with Crippen LogP contribution in [0.3, 0.4) is 0 Å². The lowest BCUT2D eigenvalue weighted by Crippen LogP contribution is -2.57. The molecule has 0 spiro atoms. The minimum absolute atomic E-state index is 0.343. The van der Waals surface area contributed by atoms with E-state index >= 15 is 0 Å². The summed E-state index contributed by atoms with van der Waals surface area (Å²) in [4.78, 5) is 4.66. The van der Waals surface area contributed by atoms with Crippen molar-refractivity contribution >= 4 is 0 Å². The Morgan fingerprint density at radius 2 is 1.77 bits per heavy atom. The van der Waals surface area contributed by atoms with Crippen molar-refractivity contribution in [1.29, 1.82) is 0 Å². The van der Waals surface area contributed by atoms with Crippen molar-refractivity contribution in [2.45, 2.75) is 24.8 Å². The van der Waals surface area contributed by atoms with Crippen molar-refractivity contribution in [2.24, 2.45) is 5.73 Å². The molecule has 1 aliphatic carbocycles. The highest BCUT2D eigenvalue weighted by atomic mass is 15.2. The van der Waals surface area contributed by atoms with E-state index in [1.54, 1.807) is 0 Å². The first kappa shape index (κ1) is 11.0. The van der Waals surface area contributed by atoms with Crippen LogP contribution in [0.1, 0.15) is 19.3 Å². The maximum atomic E-state index is 5.82. The fourth-order valence-corrected chi connectivity index (χ4v) is 1.91. The van der Waals surface area contributed by atoms with E-state index in [0.29, 0.717) is 5.54 Å². The maximum absolute atomic E-state index is 5.82. The Hall–Kier alpha value is -0.120. The van der Waals surface area contributed by atoms with Crippen LogP contribution >= 0.6 is 0 Å². The topological polar surface area (TPSA) is 32.5 Å². The summed E-state index contributed by atoms with van der Waals surface area (Å²) in [5.41, 5.74) is 6.16. The fraction of sp³-hybridized carbons (Fsp3) is 1.00. The molecule has 0 amide bonds. The van der Waals surface area contributed by atoms with Crippen LogP contribution in [0.4, 0.5) is 0 Å². The summed E-state index contributed by atoms with van der Waals surface area (Å²) in [5, 5.41) is 0. The number of hydrogen-bond acceptors (Lipinski definition) is 3. The Bertz CT molecular complexity index is 147. The highest BCUT2D eigenvalue weighted by Gasteiger charge is 2.38. The van der Waals surface area contributed by atoms with Gasteiger partial charge in [0.15, 0.2) is 0 Å². The first-order valence-corrected chi connectivity index (χ1v) is 5.17. The van der Waals surface area contributed by atoms with E-state index < -0.39 is 0 Å². The molecule has 0 bridgehead atoms. The molecule has 0 radical (unpaired) electrons. The second-order valence-electron chi connectivity index (χ2n) is 4.51. The zero-order valence-electron chi connectivity index (χ0n) is 9.21. The van der Waals surface area contributed by atoms with Gasteiger partial charge in [0.25, 0.3) is 0 Å². The third-order valence-electron chi connectivity index (χ3n) is 3.36. The molecular weight excluding hydrogens is 162 g/mol. The van der Waals surface area contributed by atoms with Gasteiger partial charge in [0.1, 0.15) is 0 Å². The third-order valence-corrected chi connectivity index (χ3v) is 3.36. The van der Waals surface area contributed by atoms with Gasteiger partial charge in [-0.25, -0.2) is 0 Å². The van der Waals surface area contributed by atoms with Crippen LogP contribution in [-0.4, -0.2) is 56.1 Å². The zero-order chi connectivity index (χ0) is 9.90. The Kier molecular flexibility index (Phi) is 3.71. The largest absolute Gasteiger partial charge is 0.329 e. The second-order valence-corrected chi connectivity index (χ2v) is 4.51. The first-order valence-electron chi connectivity index (χ1n) is 5.17. The molecule has 0 aromatic carbocycles. The van der Waals surface area contributed by atoms with Crippen LogP contribution in [-0.2, 0) is 0 Å². The van der Waals surface area contributed by atoms with Crippen LogP contribution in [0.5, 0.6) is 0 Å². The molecule has 1 saturated carbocycles. The molecule has 3 nitrogen and oxygen atoms in total. The molecular formula is C10H23N3. The molecule has 0 heterocycles. The van der Waals surface area contributed by atoms with Gasteiger partial charge in [-0.1, -0.05) is 0 Å². The van der Waals surface area contributed by atoms with Crippen LogP contribution in [0.2, 0.25) is 0 Å². The van der Waals surface area contributed by atoms with E-state index in [1.165, 1.54) is 19.3 Å².